The molecule has 7 heteroatoms. The predicted molar refractivity (Wildman–Crippen MR) is 122 cm³/mol. The highest BCUT2D eigenvalue weighted by molar-refractivity contribution is 6.33. The summed E-state index contributed by atoms with van der Waals surface area (Å²) in [5, 5.41) is 4.99. The number of anilines is 1. The number of halogens is 2. The minimum absolute atomic E-state index is 0.138. The van der Waals surface area contributed by atoms with Gasteiger partial charge in [-0.05, 0) is 47.9 Å². The number of fused-ring (bicyclic) bond motifs is 2. The van der Waals surface area contributed by atoms with Crippen LogP contribution in [-0.4, -0.2) is 17.5 Å². The maximum atomic E-state index is 13.3. The van der Waals surface area contributed by atoms with Gasteiger partial charge in [-0.1, -0.05) is 48.0 Å². The van der Waals surface area contributed by atoms with Crippen LogP contribution in [0.15, 0.2) is 83.3 Å². The van der Waals surface area contributed by atoms with E-state index < -0.39 is 5.82 Å². The van der Waals surface area contributed by atoms with Crippen molar-refractivity contribution in [2.45, 2.75) is 0 Å². The van der Waals surface area contributed by atoms with Crippen molar-refractivity contribution in [1.82, 2.24) is 4.98 Å². The molecule has 0 saturated heterocycles. The van der Waals surface area contributed by atoms with Crippen LogP contribution in [-0.2, 0) is 4.79 Å². The van der Waals surface area contributed by atoms with Crippen LogP contribution in [0.5, 0.6) is 5.75 Å². The predicted octanol–water partition coefficient (Wildman–Crippen LogP) is 6.46. The average molecular weight is 447 g/mol. The van der Waals surface area contributed by atoms with E-state index in [0.29, 0.717) is 28.1 Å². The lowest BCUT2D eigenvalue weighted by molar-refractivity contribution is -0.118. The molecule has 158 valence electrons. The minimum atomic E-state index is -0.439. The molecule has 0 bridgehead atoms. The van der Waals surface area contributed by atoms with Gasteiger partial charge < -0.3 is 14.5 Å². The molecule has 0 fully saturated rings. The number of rotatable bonds is 5. The standard InChI is InChI=1S/C25H16ClFN2O3/c26-20-12-16(27)8-10-19(20)25-29-21-13-17(9-11-23(21)32-25)28-24(30)14-31-22-7-3-5-15-4-1-2-6-18(15)22/h1-13H,14H2,(H,28,30). The topological polar surface area (TPSA) is 64.4 Å². The number of nitrogens with one attached hydrogen (secondary N) is 1. The van der Waals surface area contributed by atoms with E-state index in [-0.39, 0.29) is 23.4 Å². The van der Waals surface area contributed by atoms with Crippen molar-refractivity contribution in [2.75, 3.05) is 11.9 Å². The first kappa shape index (κ1) is 20.0. The van der Waals surface area contributed by atoms with Crippen LogP contribution in [0.3, 0.4) is 0 Å². The van der Waals surface area contributed by atoms with Crippen molar-refractivity contribution in [3.8, 4) is 17.2 Å². The first-order valence-electron chi connectivity index (χ1n) is 9.83. The molecule has 5 rings (SSSR count). The Labute approximate surface area is 187 Å². The summed E-state index contributed by atoms with van der Waals surface area (Å²) in [7, 11) is 0. The maximum Gasteiger partial charge on any atom is 0.262 e. The van der Waals surface area contributed by atoms with Crippen molar-refractivity contribution in [2.24, 2.45) is 0 Å². The molecule has 0 aliphatic rings. The Morgan fingerprint density at radius 3 is 2.75 bits per heavy atom. The van der Waals surface area contributed by atoms with Gasteiger partial charge >= 0.3 is 0 Å². The molecule has 0 aliphatic carbocycles. The lowest BCUT2D eigenvalue weighted by Gasteiger charge is -2.09. The van der Waals surface area contributed by atoms with E-state index >= 15 is 0 Å². The van der Waals surface area contributed by atoms with Crippen LogP contribution >= 0.6 is 11.6 Å². The molecule has 1 aromatic heterocycles. The van der Waals surface area contributed by atoms with Gasteiger partial charge in [0.15, 0.2) is 12.2 Å². The second-order valence-electron chi connectivity index (χ2n) is 7.14. The van der Waals surface area contributed by atoms with Crippen molar-refractivity contribution in [3.05, 3.63) is 89.7 Å². The normalized spacial score (nSPS) is 11.1. The number of oxazole rings is 1. The van der Waals surface area contributed by atoms with E-state index in [1.54, 1.807) is 18.2 Å². The Morgan fingerprint density at radius 1 is 1.03 bits per heavy atom. The molecular weight excluding hydrogens is 431 g/mol. The molecule has 0 radical (unpaired) electrons. The van der Waals surface area contributed by atoms with Gasteiger partial charge in [0.05, 0.1) is 10.6 Å². The Bertz CT molecular complexity index is 1460. The molecule has 0 atom stereocenters. The number of hydrogen-bond donors (Lipinski definition) is 1. The SMILES string of the molecule is O=C(COc1cccc2ccccc12)Nc1ccc2oc(-c3ccc(F)cc3Cl)nc2c1. The van der Waals surface area contributed by atoms with Crippen molar-refractivity contribution in [3.63, 3.8) is 0 Å². The van der Waals surface area contributed by atoms with Gasteiger partial charge in [0.1, 0.15) is 17.1 Å². The monoisotopic (exact) mass is 446 g/mol. The highest BCUT2D eigenvalue weighted by Crippen LogP contribution is 2.31. The fourth-order valence-corrected chi connectivity index (χ4v) is 3.69. The Hall–Kier alpha value is -3.90. The average Bonchev–Trinajstić information content (AvgIpc) is 3.20. The summed E-state index contributed by atoms with van der Waals surface area (Å²) >= 11 is 6.10. The fraction of sp³-hybridized carbons (Fsp3) is 0.0400. The number of benzene rings is 4. The number of amides is 1. The second-order valence-corrected chi connectivity index (χ2v) is 7.55. The van der Waals surface area contributed by atoms with Crippen LogP contribution in [0.2, 0.25) is 5.02 Å². The third-order valence-electron chi connectivity index (χ3n) is 4.94. The Morgan fingerprint density at radius 2 is 1.88 bits per heavy atom. The zero-order valence-electron chi connectivity index (χ0n) is 16.6. The van der Waals surface area contributed by atoms with Crippen molar-refractivity contribution < 1.29 is 18.3 Å². The van der Waals surface area contributed by atoms with Crippen LogP contribution in [0.1, 0.15) is 0 Å². The fourth-order valence-electron chi connectivity index (χ4n) is 3.45. The van der Waals surface area contributed by atoms with Gasteiger partial charge in [-0.15, -0.1) is 0 Å². The number of carbonyl (C=O) groups is 1. The summed E-state index contributed by atoms with van der Waals surface area (Å²) < 4.78 is 24.8. The number of aromatic nitrogens is 1. The second kappa shape index (κ2) is 8.32. The summed E-state index contributed by atoms with van der Waals surface area (Å²) in [5.74, 6) is 0.173. The van der Waals surface area contributed by atoms with Crippen LogP contribution in [0.4, 0.5) is 10.1 Å². The molecular formula is C25H16ClFN2O3. The maximum absolute atomic E-state index is 13.3. The number of hydrogen-bond acceptors (Lipinski definition) is 4. The molecule has 1 N–H and O–H groups in total. The largest absolute Gasteiger partial charge is 0.483 e. The summed E-state index contributed by atoms with van der Waals surface area (Å²) in [6.45, 7) is -0.138. The smallest absolute Gasteiger partial charge is 0.262 e. The van der Waals surface area contributed by atoms with Crippen LogP contribution in [0.25, 0.3) is 33.3 Å². The summed E-state index contributed by atoms with van der Waals surface area (Å²) in [4.78, 5) is 16.8. The molecule has 0 saturated carbocycles. The summed E-state index contributed by atoms with van der Waals surface area (Å²) in [6, 6.07) is 22.6. The lowest BCUT2D eigenvalue weighted by atomic mass is 10.1. The summed E-state index contributed by atoms with van der Waals surface area (Å²) in [5.41, 5.74) is 2.09. The third-order valence-corrected chi connectivity index (χ3v) is 5.25. The zero-order chi connectivity index (χ0) is 22.1. The number of carbonyl (C=O) groups excluding carboxylic acids is 1. The first-order valence-corrected chi connectivity index (χ1v) is 10.2. The Balaban J connectivity index is 1.31. The molecule has 0 unspecified atom stereocenters. The van der Waals surface area contributed by atoms with Crippen molar-refractivity contribution in [1.29, 1.82) is 0 Å². The quantitative estimate of drug-likeness (QED) is 0.336. The zero-order valence-corrected chi connectivity index (χ0v) is 17.4. The van der Waals surface area contributed by atoms with Gasteiger partial charge in [-0.25, -0.2) is 9.37 Å². The molecule has 1 heterocycles. The van der Waals surface area contributed by atoms with E-state index in [1.165, 1.54) is 18.2 Å². The highest BCUT2D eigenvalue weighted by atomic mass is 35.5. The van der Waals surface area contributed by atoms with E-state index in [9.17, 15) is 9.18 Å². The van der Waals surface area contributed by atoms with Crippen molar-refractivity contribution >= 4 is 45.1 Å². The molecule has 5 nitrogen and oxygen atoms in total. The Kier molecular flexibility index (Phi) is 5.21. The minimum Gasteiger partial charge on any atom is -0.483 e. The lowest BCUT2D eigenvalue weighted by Crippen LogP contribution is -2.20. The number of nitrogens with zero attached hydrogens (tertiary/aromatic N) is 1. The highest BCUT2D eigenvalue weighted by Gasteiger charge is 2.14. The van der Waals surface area contributed by atoms with Gasteiger partial charge in [0, 0.05) is 11.1 Å². The third kappa shape index (κ3) is 4.00. The molecule has 32 heavy (non-hydrogen) atoms. The first-order chi connectivity index (χ1) is 15.6. The van der Waals surface area contributed by atoms with E-state index in [4.69, 9.17) is 20.8 Å². The van der Waals surface area contributed by atoms with Crippen LogP contribution < -0.4 is 10.1 Å². The molecule has 1 amide bonds. The van der Waals surface area contributed by atoms with E-state index in [1.807, 2.05) is 42.5 Å². The van der Waals surface area contributed by atoms with Gasteiger partial charge in [-0.3, -0.25) is 4.79 Å². The van der Waals surface area contributed by atoms with Gasteiger partial charge in [0.2, 0.25) is 5.89 Å². The molecule has 0 aliphatic heterocycles. The number of ether oxygens (including phenoxy) is 1. The van der Waals surface area contributed by atoms with Gasteiger partial charge in [-0.2, -0.15) is 0 Å². The molecule has 4 aromatic carbocycles. The van der Waals surface area contributed by atoms with Gasteiger partial charge in [0.25, 0.3) is 5.91 Å². The summed E-state index contributed by atoms with van der Waals surface area (Å²) in [6.07, 6.45) is 0. The molecule has 0 spiro atoms. The van der Waals surface area contributed by atoms with E-state index in [0.717, 1.165) is 10.8 Å². The molecule has 5 aromatic rings. The van der Waals surface area contributed by atoms with E-state index in [2.05, 4.69) is 10.3 Å². The van der Waals surface area contributed by atoms with Crippen LogP contribution in [0, 0.1) is 5.82 Å².